The Morgan fingerprint density at radius 2 is 1.93 bits per heavy atom. The first kappa shape index (κ1) is 31.1. The van der Waals surface area contributed by atoms with E-state index in [1.54, 1.807) is 4.90 Å². The van der Waals surface area contributed by atoms with Crippen molar-refractivity contribution < 1.29 is 14.3 Å². The van der Waals surface area contributed by atoms with E-state index in [0.717, 1.165) is 64.4 Å². The third-order valence-corrected chi connectivity index (χ3v) is 9.48. The van der Waals surface area contributed by atoms with Gasteiger partial charge in [0.2, 0.25) is 12.5 Å². The van der Waals surface area contributed by atoms with Gasteiger partial charge in [-0.05, 0) is 49.8 Å². The Morgan fingerprint density at radius 3 is 2.71 bits per heavy atom. The molecule has 0 unspecified atom stereocenters. The van der Waals surface area contributed by atoms with Crippen LogP contribution in [0.25, 0.3) is 15.6 Å². The number of piperazine rings is 1. The van der Waals surface area contributed by atoms with E-state index in [0.29, 0.717) is 38.8 Å². The third kappa shape index (κ3) is 6.87. The number of carbonyl (C=O) groups excluding carboxylic acids is 1. The average Bonchev–Trinajstić information content (AvgIpc) is 3.07. The highest BCUT2D eigenvalue weighted by molar-refractivity contribution is 6.36. The number of carbonyl (C=O) groups is 1. The molecule has 0 radical (unpaired) electrons. The molecule has 3 heterocycles. The molecule has 6 rings (SSSR count). The van der Waals surface area contributed by atoms with Crippen molar-refractivity contribution in [3.05, 3.63) is 76.8 Å². The third-order valence-electron chi connectivity index (χ3n) is 9.16. The highest BCUT2D eigenvalue weighted by Crippen LogP contribution is 2.37. The number of nitrogens with zero attached hydrogens (tertiary/aromatic N) is 6. The van der Waals surface area contributed by atoms with E-state index in [-0.39, 0.29) is 30.7 Å². The fourth-order valence-corrected chi connectivity index (χ4v) is 7.22. The number of hydrogen-bond donors (Lipinski definition) is 0. The molecule has 2 aliphatic heterocycles. The maximum Gasteiger partial charge on any atom is 0.318 e. The zero-order valence-electron chi connectivity index (χ0n) is 26.0. The van der Waals surface area contributed by atoms with Crippen LogP contribution in [0.3, 0.4) is 0 Å². The summed E-state index contributed by atoms with van der Waals surface area (Å²) in [7, 11) is 0. The maximum absolute atomic E-state index is 12.6. The lowest BCUT2D eigenvalue weighted by Gasteiger charge is -2.41. The summed E-state index contributed by atoms with van der Waals surface area (Å²) in [5, 5.41) is 2.86. The van der Waals surface area contributed by atoms with Gasteiger partial charge in [0.1, 0.15) is 18.5 Å². The van der Waals surface area contributed by atoms with Crippen molar-refractivity contribution in [1.82, 2.24) is 14.9 Å². The van der Waals surface area contributed by atoms with Crippen LogP contribution in [0.4, 0.5) is 11.5 Å². The van der Waals surface area contributed by atoms with Gasteiger partial charge in [-0.2, -0.15) is 9.97 Å². The summed E-state index contributed by atoms with van der Waals surface area (Å²) in [6.45, 7) is 16.8. The SMILES string of the molecule is [C-]#[N+]C[C@H]1CN(c2nc(OC[C@H](C)OC3CCCCC3)nc3c2CCN(c2cccc4cccc(Cl)c24)C3)CCN1C(=O)C=C. The Kier molecular flexibility index (Phi) is 9.72. The summed E-state index contributed by atoms with van der Waals surface area (Å²) in [4.78, 5) is 32.4. The molecular formula is C35H41ClN6O3. The minimum atomic E-state index is -0.251. The summed E-state index contributed by atoms with van der Waals surface area (Å²) in [6, 6.07) is 12.3. The van der Waals surface area contributed by atoms with Gasteiger partial charge in [0.25, 0.3) is 0 Å². The van der Waals surface area contributed by atoms with Crippen LogP contribution in [0, 0.1) is 6.57 Å². The second kappa shape index (κ2) is 14.1. The predicted molar refractivity (Wildman–Crippen MR) is 178 cm³/mol. The number of halogens is 1. The van der Waals surface area contributed by atoms with E-state index in [1.165, 1.54) is 25.3 Å². The molecule has 2 aromatic carbocycles. The van der Waals surface area contributed by atoms with Crippen LogP contribution in [0.2, 0.25) is 5.02 Å². The van der Waals surface area contributed by atoms with E-state index < -0.39 is 0 Å². The van der Waals surface area contributed by atoms with Crippen LogP contribution in [0.1, 0.15) is 50.3 Å². The van der Waals surface area contributed by atoms with Crippen molar-refractivity contribution in [1.29, 1.82) is 0 Å². The highest BCUT2D eigenvalue weighted by atomic mass is 35.5. The van der Waals surface area contributed by atoms with E-state index in [9.17, 15) is 4.79 Å². The molecule has 3 aliphatic rings. The van der Waals surface area contributed by atoms with Crippen molar-refractivity contribution in [2.45, 2.75) is 70.2 Å². The molecule has 1 saturated heterocycles. The standard InChI is InChI=1S/C35H41ClN6O3/c1-4-32(43)42-19-18-41(21-26(42)20-37-3)34-28-16-17-40(31-15-9-11-25-10-8-14-29(36)33(25)31)22-30(28)38-35(39-34)44-23-24(2)45-27-12-6-5-7-13-27/h4,8-11,14-15,24,26-27H,1,5-7,12-13,16-23H2,2H3/t24-,26-/m0/s1. The van der Waals surface area contributed by atoms with Crippen LogP contribution in [-0.2, 0) is 22.5 Å². The number of benzene rings is 2. The first-order valence-corrected chi connectivity index (χ1v) is 16.4. The predicted octanol–water partition coefficient (Wildman–Crippen LogP) is 6.08. The van der Waals surface area contributed by atoms with E-state index >= 15 is 0 Å². The molecule has 1 aromatic heterocycles. The Labute approximate surface area is 270 Å². The number of aromatic nitrogens is 2. The zero-order chi connectivity index (χ0) is 31.3. The van der Waals surface area contributed by atoms with Gasteiger partial charge in [0.05, 0.1) is 29.5 Å². The molecule has 3 aromatic rings. The second-order valence-corrected chi connectivity index (χ2v) is 12.6. The Hall–Kier alpha value is -3.87. The molecule has 0 spiro atoms. The summed E-state index contributed by atoms with van der Waals surface area (Å²) in [6.07, 6.45) is 8.19. The molecule has 2 atom stereocenters. The molecule has 0 bridgehead atoms. The highest BCUT2D eigenvalue weighted by Gasteiger charge is 2.35. The van der Waals surface area contributed by atoms with Crippen molar-refractivity contribution in [2.75, 3.05) is 49.1 Å². The molecule has 2 fully saturated rings. The van der Waals surface area contributed by atoms with Crippen LogP contribution < -0.4 is 14.5 Å². The normalized spacial score (nSPS) is 19.6. The summed E-state index contributed by atoms with van der Waals surface area (Å²) in [5.41, 5.74) is 3.08. The first-order chi connectivity index (χ1) is 21.9. The molecule has 1 aliphatic carbocycles. The lowest BCUT2D eigenvalue weighted by Crippen LogP contribution is -2.56. The molecule has 45 heavy (non-hydrogen) atoms. The van der Waals surface area contributed by atoms with Gasteiger partial charge in [-0.1, -0.05) is 61.7 Å². The van der Waals surface area contributed by atoms with Crippen LogP contribution in [0.15, 0.2) is 49.1 Å². The number of rotatable bonds is 9. The Bertz CT molecular complexity index is 1580. The zero-order valence-corrected chi connectivity index (χ0v) is 26.7. The van der Waals surface area contributed by atoms with Crippen LogP contribution in [-0.4, -0.2) is 78.4 Å². The maximum atomic E-state index is 12.6. The Morgan fingerprint density at radius 1 is 1.13 bits per heavy atom. The molecule has 1 saturated carbocycles. The fraction of sp³-hybridized carbons (Fsp3) is 0.486. The minimum Gasteiger partial charge on any atom is -0.461 e. The molecule has 0 N–H and O–H groups in total. The largest absolute Gasteiger partial charge is 0.461 e. The summed E-state index contributed by atoms with van der Waals surface area (Å²) < 4.78 is 12.5. The molecule has 10 heteroatoms. The fourth-order valence-electron chi connectivity index (χ4n) is 6.94. The molecule has 236 valence electrons. The van der Waals surface area contributed by atoms with Crippen molar-refractivity contribution in [3.63, 3.8) is 0 Å². The van der Waals surface area contributed by atoms with E-state index in [4.69, 9.17) is 37.6 Å². The number of amides is 1. The second-order valence-electron chi connectivity index (χ2n) is 12.2. The van der Waals surface area contributed by atoms with Crippen LogP contribution >= 0.6 is 11.6 Å². The van der Waals surface area contributed by atoms with Gasteiger partial charge in [0.15, 0.2) is 0 Å². The molecular weight excluding hydrogens is 588 g/mol. The van der Waals surface area contributed by atoms with Crippen LogP contribution in [0.5, 0.6) is 6.01 Å². The van der Waals surface area contributed by atoms with E-state index in [1.807, 2.05) is 19.1 Å². The van der Waals surface area contributed by atoms with Crippen molar-refractivity contribution in [3.8, 4) is 6.01 Å². The summed E-state index contributed by atoms with van der Waals surface area (Å²) >= 11 is 6.71. The van der Waals surface area contributed by atoms with E-state index in [2.05, 4.69) is 45.5 Å². The number of hydrogen-bond acceptors (Lipinski definition) is 7. The number of anilines is 2. The van der Waals surface area contributed by atoms with Crippen molar-refractivity contribution in [2.24, 2.45) is 0 Å². The summed E-state index contributed by atoms with van der Waals surface area (Å²) in [5.74, 6) is 0.681. The number of ether oxygens (including phenoxy) is 2. The minimum absolute atomic E-state index is 0.0815. The lowest BCUT2D eigenvalue weighted by molar-refractivity contribution is -0.128. The molecule has 9 nitrogen and oxygen atoms in total. The number of fused-ring (bicyclic) bond motifs is 2. The van der Waals surface area contributed by atoms with Gasteiger partial charge < -0.3 is 29.0 Å². The lowest BCUT2D eigenvalue weighted by atomic mass is 9.98. The first-order valence-electron chi connectivity index (χ1n) is 16.1. The van der Waals surface area contributed by atoms with Gasteiger partial charge in [-0.3, -0.25) is 4.79 Å². The van der Waals surface area contributed by atoms with Gasteiger partial charge in [-0.25, -0.2) is 6.57 Å². The smallest absolute Gasteiger partial charge is 0.318 e. The molecule has 1 amide bonds. The van der Waals surface area contributed by atoms with Gasteiger partial charge in [0, 0.05) is 42.8 Å². The van der Waals surface area contributed by atoms with Crippen molar-refractivity contribution >= 4 is 39.8 Å². The monoisotopic (exact) mass is 628 g/mol. The average molecular weight is 629 g/mol. The topological polar surface area (TPSA) is 75.4 Å². The van der Waals surface area contributed by atoms with Gasteiger partial charge in [-0.15, -0.1) is 0 Å². The van der Waals surface area contributed by atoms with Gasteiger partial charge >= 0.3 is 6.01 Å². The quantitative estimate of drug-likeness (QED) is 0.210. The Balaban J connectivity index is 1.29.